The number of hydrogen-bond acceptors (Lipinski definition) is 1. The van der Waals surface area contributed by atoms with Crippen molar-refractivity contribution in [1.82, 2.24) is 0 Å². The van der Waals surface area contributed by atoms with Crippen molar-refractivity contribution in [1.29, 1.82) is 0 Å². The van der Waals surface area contributed by atoms with E-state index in [4.69, 9.17) is 0 Å². The van der Waals surface area contributed by atoms with E-state index >= 15 is 0 Å². The molecule has 0 amide bonds. The lowest BCUT2D eigenvalue weighted by Gasteiger charge is -2.14. The van der Waals surface area contributed by atoms with E-state index in [1.807, 2.05) is 24.3 Å². The molecule has 0 atom stereocenters. The fraction of sp³-hybridized carbons (Fsp3) is 0.0556. The van der Waals surface area contributed by atoms with Crippen molar-refractivity contribution in [3.05, 3.63) is 75.2 Å². The summed E-state index contributed by atoms with van der Waals surface area (Å²) < 4.78 is 0. The maximum absolute atomic E-state index is 11.4. The molecule has 0 bridgehead atoms. The van der Waals surface area contributed by atoms with Crippen molar-refractivity contribution in [2.45, 2.75) is 6.42 Å². The van der Waals surface area contributed by atoms with Crippen LogP contribution in [0.4, 0.5) is 0 Å². The average Bonchev–Trinajstić information content (AvgIpc) is 2.89. The van der Waals surface area contributed by atoms with Crippen LogP contribution in [0.25, 0.3) is 17.7 Å². The smallest absolute Gasteiger partial charge is 0.336 e. The first-order chi connectivity index (χ1) is 9.74. The standard InChI is InChI=1S/C18H12O2/c19-18(20)15-8-7-11-5-6-14-9-12-3-1-2-4-13(12)10-16(14)17(11)15/h1-8,10H,9H2,(H,19,20). The molecule has 96 valence electrons. The van der Waals surface area contributed by atoms with Crippen LogP contribution in [-0.2, 0) is 11.2 Å². The summed E-state index contributed by atoms with van der Waals surface area (Å²) >= 11 is 0. The molecule has 0 aliphatic heterocycles. The van der Waals surface area contributed by atoms with Crippen LogP contribution in [-0.4, -0.2) is 11.1 Å². The summed E-state index contributed by atoms with van der Waals surface area (Å²) in [6.45, 7) is 0. The molecule has 20 heavy (non-hydrogen) atoms. The number of carboxylic acid groups (broad SMARTS) is 1. The monoisotopic (exact) mass is 260 g/mol. The third kappa shape index (κ3) is 1.48. The summed E-state index contributed by atoms with van der Waals surface area (Å²) in [6.07, 6.45) is 6.56. The van der Waals surface area contributed by atoms with E-state index < -0.39 is 5.97 Å². The molecule has 0 radical (unpaired) electrons. The second-order valence-electron chi connectivity index (χ2n) is 5.17. The molecular formula is C18H12O2. The number of benzene rings is 2. The van der Waals surface area contributed by atoms with Crippen LogP contribution in [0.15, 0.2) is 42.5 Å². The van der Waals surface area contributed by atoms with Crippen LogP contribution in [0.2, 0.25) is 0 Å². The van der Waals surface area contributed by atoms with Crippen LogP contribution in [0.5, 0.6) is 0 Å². The van der Waals surface area contributed by atoms with E-state index in [0.717, 1.165) is 22.4 Å². The molecule has 0 unspecified atom stereocenters. The summed E-state index contributed by atoms with van der Waals surface area (Å²) in [5, 5.41) is 11.3. The van der Waals surface area contributed by atoms with Gasteiger partial charge in [-0.3, -0.25) is 0 Å². The highest BCUT2D eigenvalue weighted by atomic mass is 16.4. The van der Waals surface area contributed by atoms with Crippen molar-refractivity contribution >= 4 is 23.7 Å². The van der Waals surface area contributed by atoms with Gasteiger partial charge in [-0.25, -0.2) is 4.79 Å². The van der Waals surface area contributed by atoms with Gasteiger partial charge in [-0.2, -0.15) is 0 Å². The van der Waals surface area contributed by atoms with E-state index in [-0.39, 0.29) is 0 Å². The van der Waals surface area contributed by atoms with E-state index in [0.29, 0.717) is 5.57 Å². The molecule has 1 N–H and O–H groups in total. The van der Waals surface area contributed by atoms with Crippen LogP contribution in [0.3, 0.4) is 0 Å². The van der Waals surface area contributed by atoms with Gasteiger partial charge in [0, 0.05) is 5.22 Å². The van der Waals surface area contributed by atoms with E-state index in [9.17, 15) is 9.90 Å². The lowest BCUT2D eigenvalue weighted by molar-refractivity contribution is -0.130. The van der Waals surface area contributed by atoms with Gasteiger partial charge in [0.2, 0.25) is 0 Å². The lowest BCUT2D eigenvalue weighted by Crippen LogP contribution is -2.34. The zero-order valence-corrected chi connectivity index (χ0v) is 10.8. The molecule has 0 heterocycles. The summed E-state index contributed by atoms with van der Waals surface area (Å²) in [6, 6.07) is 12.4. The Labute approximate surface area is 116 Å². The van der Waals surface area contributed by atoms with Gasteiger partial charge in [-0.15, -0.1) is 0 Å². The Morgan fingerprint density at radius 3 is 2.65 bits per heavy atom. The molecule has 2 nitrogen and oxygen atoms in total. The average molecular weight is 260 g/mol. The summed E-state index contributed by atoms with van der Waals surface area (Å²) in [5.41, 5.74) is 5.07. The zero-order chi connectivity index (χ0) is 13.7. The van der Waals surface area contributed by atoms with Crippen molar-refractivity contribution < 1.29 is 9.90 Å². The molecule has 2 heteroatoms. The first-order valence-electron chi connectivity index (χ1n) is 6.61. The predicted octanol–water partition coefficient (Wildman–Crippen LogP) is 1.68. The Morgan fingerprint density at radius 2 is 1.80 bits per heavy atom. The SMILES string of the molecule is O=C(O)C1=c2c(ccc3c2=Cc2ccccc2C3)C=C1. The highest BCUT2D eigenvalue weighted by Gasteiger charge is 2.17. The highest BCUT2D eigenvalue weighted by Crippen LogP contribution is 2.18. The van der Waals surface area contributed by atoms with E-state index in [1.165, 1.54) is 16.7 Å². The maximum atomic E-state index is 11.4. The number of carboxylic acids is 1. The third-order valence-electron chi connectivity index (χ3n) is 4.03. The molecule has 0 aromatic heterocycles. The molecule has 4 rings (SSSR count). The minimum absolute atomic E-state index is 0.396. The Kier molecular flexibility index (Phi) is 2.21. The van der Waals surface area contributed by atoms with E-state index in [1.54, 1.807) is 6.08 Å². The molecule has 2 aliphatic carbocycles. The third-order valence-corrected chi connectivity index (χ3v) is 4.03. The van der Waals surface area contributed by atoms with Crippen LogP contribution in [0.1, 0.15) is 22.3 Å². The minimum Gasteiger partial charge on any atom is -0.478 e. The van der Waals surface area contributed by atoms with Crippen LogP contribution < -0.4 is 10.4 Å². The lowest BCUT2D eigenvalue weighted by atomic mass is 9.90. The first kappa shape index (κ1) is 11.2. The molecule has 0 saturated carbocycles. The van der Waals surface area contributed by atoms with Crippen LogP contribution in [0, 0.1) is 0 Å². The molecule has 0 spiro atoms. The van der Waals surface area contributed by atoms with Gasteiger partial charge in [0.25, 0.3) is 0 Å². The van der Waals surface area contributed by atoms with Gasteiger partial charge in [-0.1, -0.05) is 42.5 Å². The molecule has 2 aromatic carbocycles. The van der Waals surface area contributed by atoms with Crippen molar-refractivity contribution in [2.75, 3.05) is 0 Å². The normalized spacial score (nSPS) is 14.3. The number of fused-ring (bicyclic) bond motifs is 4. The van der Waals surface area contributed by atoms with Crippen molar-refractivity contribution in [3.63, 3.8) is 0 Å². The Morgan fingerprint density at radius 1 is 0.950 bits per heavy atom. The van der Waals surface area contributed by atoms with Gasteiger partial charge in [0.05, 0.1) is 5.57 Å². The largest absolute Gasteiger partial charge is 0.478 e. The summed E-state index contributed by atoms with van der Waals surface area (Å²) in [5.74, 6) is -0.861. The first-order valence-corrected chi connectivity index (χ1v) is 6.61. The van der Waals surface area contributed by atoms with E-state index in [2.05, 4.69) is 24.3 Å². The second-order valence-corrected chi connectivity index (χ2v) is 5.17. The zero-order valence-electron chi connectivity index (χ0n) is 10.8. The number of rotatable bonds is 1. The molecule has 0 saturated heterocycles. The van der Waals surface area contributed by atoms with Gasteiger partial charge in [0.1, 0.15) is 0 Å². The Balaban J connectivity index is 2.15. The second kappa shape index (κ2) is 3.94. The van der Waals surface area contributed by atoms with Gasteiger partial charge >= 0.3 is 5.97 Å². The van der Waals surface area contributed by atoms with Crippen molar-refractivity contribution in [3.8, 4) is 0 Å². The fourth-order valence-corrected chi connectivity index (χ4v) is 3.07. The predicted molar refractivity (Wildman–Crippen MR) is 78.6 cm³/mol. The molecule has 2 aromatic rings. The summed E-state index contributed by atoms with van der Waals surface area (Å²) in [7, 11) is 0. The number of hydrogen-bond donors (Lipinski definition) is 1. The van der Waals surface area contributed by atoms with Gasteiger partial charge in [0.15, 0.2) is 0 Å². The summed E-state index contributed by atoms with van der Waals surface area (Å²) in [4.78, 5) is 11.4. The van der Waals surface area contributed by atoms with Crippen molar-refractivity contribution in [2.24, 2.45) is 0 Å². The fourth-order valence-electron chi connectivity index (χ4n) is 3.07. The van der Waals surface area contributed by atoms with Gasteiger partial charge < -0.3 is 5.11 Å². The molecule has 2 aliphatic rings. The Bertz CT molecular complexity index is 902. The number of aliphatic carboxylic acids is 1. The topological polar surface area (TPSA) is 37.3 Å². The highest BCUT2D eigenvalue weighted by molar-refractivity contribution is 6.15. The minimum atomic E-state index is -0.861. The molecular weight excluding hydrogens is 248 g/mol. The molecule has 0 fully saturated rings. The van der Waals surface area contributed by atoms with Gasteiger partial charge in [-0.05, 0) is 46.0 Å². The maximum Gasteiger partial charge on any atom is 0.336 e. The Hall–Kier alpha value is -2.61. The number of carbonyl (C=O) groups is 1. The quantitative estimate of drug-likeness (QED) is 0.723. The van der Waals surface area contributed by atoms with Crippen LogP contribution >= 0.6 is 0 Å².